The molecule has 0 fully saturated rings. The zero-order valence-electron chi connectivity index (χ0n) is 13.2. The maximum absolute atomic E-state index is 12.1. The van der Waals surface area contributed by atoms with Crippen molar-refractivity contribution in [1.29, 1.82) is 0 Å². The lowest BCUT2D eigenvalue weighted by Gasteiger charge is -2.06. The molecule has 1 N–H and O–H groups in total. The Labute approximate surface area is 147 Å². The average Bonchev–Trinajstić information content (AvgIpc) is 3.16. The number of halogens is 1. The zero-order valence-corrected chi connectivity index (χ0v) is 14.8. The molecule has 1 aromatic carbocycles. The molecule has 2 aromatic heterocycles. The molecular formula is C17H16BrN3O3. The van der Waals surface area contributed by atoms with Gasteiger partial charge in [0, 0.05) is 0 Å². The van der Waals surface area contributed by atoms with Gasteiger partial charge < -0.3 is 8.83 Å². The second-order valence-electron chi connectivity index (χ2n) is 5.64. The number of rotatable bonds is 5. The number of amides is 1. The maximum atomic E-state index is 12.1. The number of hydrogen-bond donors (Lipinski definition) is 1. The summed E-state index contributed by atoms with van der Waals surface area (Å²) in [5.41, 5.74) is 2.16. The van der Waals surface area contributed by atoms with Gasteiger partial charge in [0.05, 0.1) is 6.42 Å². The number of furan rings is 1. The lowest BCUT2D eigenvalue weighted by atomic mass is 10.0. The minimum atomic E-state index is -0.219. The van der Waals surface area contributed by atoms with Gasteiger partial charge in [0.15, 0.2) is 10.4 Å². The van der Waals surface area contributed by atoms with Crippen LogP contribution in [0.3, 0.4) is 0 Å². The van der Waals surface area contributed by atoms with Gasteiger partial charge in [-0.05, 0) is 45.1 Å². The molecule has 0 saturated carbocycles. The summed E-state index contributed by atoms with van der Waals surface area (Å²) in [5.74, 6) is 0.880. The molecule has 7 heteroatoms. The van der Waals surface area contributed by atoms with Crippen molar-refractivity contribution in [2.75, 3.05) is 5.32 Å². The minimum absolute atomic E-state index is 0.0429. The minimum Gasteiger partial charge on any atom is -0.444 e. The second kappa shape index (κ2) is 7.00. The molecule has 0 spiro atoms. The number of hydrogen-bond acceptors (Lipinski definition) is 5. The molecule has 3 aromatic rings. The summed E-state index contributed by atoms with van der Waals surface area (Å²) in [6, 6.07) is 11.4. The third-order valence-corrected chi connectivity index (χ3v) is 3.89. The van der Waals surface area contributed by atoms with Crippen molar-refractivity contribution in [1.82, 2.24) is 10.2 Å². The fourth-order valence-corrected chi connectivity index (χ4v) is 2.48. The van der Waals surface area contributed by atoms with Crippen molar-refractivity contribution >= 4 is 27.9 Å². The van der Waals surface area contributed by atoms with Gasteiger partial charge in [-0.1, -0.05) is 43.2 Å². The van der Waals surface area contributed by atoms with E-state index in [1.165, 1.54) is 5.56 Å². The first-order chi connectivity index (χ1) is 11.5. The van der Waals surface area contributed by atoms with E-state index in [1.54, 1.807) is 12.1 Å². The highest BCUT2D eigenvalue weighted by molar-refractivity contribution is 9.10. The molecule has 0 bridgehead atoms. The van der Waals surface area contributed by atoms with E-state index < -0.39 is 0 Å². The van der Waals surface area contributed by atoms with Crippen LogP contribution in [0.2, 0.25) is 0 Å². The molecule has 0 aliphatic carbocycles. The summed E-state index contributed by atoms with van der Waals surface area (Å²) in [7, 11) is 0. The quantitative estimate of drug-likeness (QED) is 0.699. The Hall–Kier alpha value is -2.41. The van der Waals surface area contributed by atoms with Gasteiger partial charge in [0.2, 0.25) is 5.91 Å². The van der Waals surface area contributed by atoms with Gasteiger partial charge in [0.25, 0.3) is 5.89 Å². The Morgan fingerprint density at radius 3 is 2.50 bits per heavy atom. The largest absolute Gasteiger partial charge is 0.444 e. The van der Waals surface area contributed by atoms with Crippen molar-refractivity contribution in [2.24, 2.45) is 0 Å². The van der Waals surface area contributed by atoms with Crippen LogP contribution in [0.15, 0.2) is 49.9 Å². The van der Waals surface area contributed by atoms with E-state index >= 15 is 0 Å². The summed E-state index contributed by atoms with van der Waals surface area (Å²) in [5, 5.41) is 10.2. The second-order valence-corrected chi connectivity index (χ2v) is 6.42. The van der Waals surface area contributed by atoms with Crippen LogP contribution >= 0.6 is 15.9 Å². The Bertz CT molecular complexity index is 837. The molecule has 0 atom stereocenters. The molecule has 0 aliphatic heterocycles. The predicted molar refractivity (Wildman–Crippen MR) is 92.6 cm³/mol. The lowest BCUT2D eigenvalue weighted by molar-refractivity contribution is -0.115. The van der Waals surface area contributed by atoms with Crippen LogP contribution < -0.4 is 5.32 Å². The normalized spacial score (nSPS) is 11.0. The van der Waals surface area contributed by atoms with Crippen LogP contribution in [0.5, 0.6) is 0 Å². The van der Waals surface area contributed by atoms with E-state index in [0.717, 1.165) is 5.56 Å². The van der Waals surface area contributed by atoms with Gasteiger partial charge >= 0.3 is 6.01 Å². The Balaban J connectivity index is 1.62. The van der Waals surface area contributed by atoms with Gasteiger partial charge in [0.1, 0.15) is 0 Å². The first-order valence-corrected chi connectivity index (χ1v) is 8.28. The zero-order chi connectivity index (χ0) is 17.1. The highest BCUT2D eigenvalue weighted by Gasteiger charge is 2.14. The molecule has 3 rings (SSSR count). The van der Waals surface area contributed by atoms with E-state index in [1.807, 2.05) is 24.3 Å². The topological polar surface area (TPSA) is 81.2 Å². The number of carbonyl (C=O) groups is 1. The Morgan fingerprint density at radius 1 is 1.12 bits per heavy atom. The Kier molecular flexibility index (Phi) is 4.80. The van der Waals surface area contributed by atoms with Crippen molar-refractivity contribution < 1.29 is 13.6 Å². The SMILES string of the molecule is CC(C)c1ccc(CC(=O)Nc2nnc(-c3ccc(Br)o3)o2)cc1. The molecule has 0 aliphatic rings. The summed E-state index contributed by atoms with van der Waals surface area (Å²) in [6.07, 6.45) is 0.238. The summed E-state index contributed by atoms with van der Waals surface area (Å²) < 4.78 is 11.3. The van der Waals surface area contributed by atoms with Crippen molar-refractivity contribution in [3.05, 3.63) is 52.2 Å². The molecule has 1 amide bonds. The van der Waals surface area contributed by atoms with E-state index in [2.05, 4.69) is 45.3 Å². The Morgan fingerprint density at radius 2 is 1.88 bits per heavy atom. The highest BCUT2D eigenvalue weighted by atomic mass is 79.9. The smallest absolute Gasteiger partial charge is 0.322 e. The molecule has 124 valence electrons. The third-order valence-electron chi connectivity index (χ3n) is 3.47. The average molecular weight is 390 g/mol. The van der Waals surface area contributed by atoms with Crippen LogP contribution in [0.1, 0.15) is 30.9 Å². The molecule has 6 nitrogen and oxygen atoms in total. The van der Waals surface area contributed by atoms with Crippen molar-refractivity contribution in [2.45, 2.75) is 26.2 Å². The first kappa shape index (κ1) is 16.4. The molecular weight excluding hydrogens is 374 g/mol. The maximum Gasteiger partial charge on any atom is 0.322 e. The predicted octanol–water partition coefficient (Wildman–Crippen LogP) is 4.40. The van der Waals surface area contributed by atoms with Gasteiger partial charge in [-0.3, -0.25) is 10.1 Å². The van der Waals surface area contributed by atoms with Gasteiger partial charge in [-0.2, -0.15) is 0 Å². The number of carbonyl (C=O) groups excluding carboxylic acids is 1. The van der Waals surface area contributed by atoms with Crippen LogP contribution in [0.25, 0.3) is 11.7 Å². The summed E-state index contributed by atoms with van der Waals surface area (Å²) >= 11 is 3.20. The van der Waals surface area contributed by atoms with Gasteiger partial charge in [-0.25, -0.2) is 0 Å². The number of anilines is 1. The fourth-order valence-electron chi connectivity index (χ4n) is 2.17. The molecule has 2 heterocycles. The third kappa shape index (κ3) is 3.91. The van der Waals surface area contributed by atoms with E-state index in [9.17, 15) is 4.79 Å². The standard InChI is InChI=1S/C17H16BrN3O3/c1-10(2)12-5-3-11(4-6-12)9-15(22)19-17-21-20-16(24-17)13-7-8-14(18)23-13/h3-8,10H,9H2,1-2H3,(H,19,21,22). The van der Waals surface area contributed by atoms with E-state index in [4.69, 9.17) is 8.83 Å². The van der Waals surface area contributed by atoms with Crippen molar-refractivity contribution in [3.63, 3.8) is 0 Å². The van der Waals surface area contributed by atoms with Crippen LogP contribution in [-0.2, 0) is 11.2 Å². The van der Waals surface area contributed by atoms with Crippen LogP contribution in [0, 0.1) is 0 Å². The first-order valence-electron chi connectivity index (χ1n) is 7.49. The number of nitrogens with one attached hydrogen (secondary N) is 1. The molecule has 24 heavy (non-hydrogen) atoms. The lowest BCUT2D eigenvalue weighted by Crippen LogP contribution is -2.14. The summed E-state index contributed by atoms with van der Waals surface area (Å²) in [4.78, 5) is 12.1. The van der Waals surface area contributed by atoms with Gasteiger partial charge in [-0.15, -0.1) is 5.10 Å². The number of benzene rings is 1. The molecule has 0 radical (unpaired) electrons. The van der Waals surface area contributed by atoms with Crippen molar-refractivity contribution in [3.8, 4) is 11.7 Å². The number of aromatic nitrogens is 2. The molecule has 0 unspecified atom stereocenters. The summed E-state index contributed by atoms with van der Waals surface area (Å²) in [6.45, 7) is 4.26. The van der Waals surface area contributed by atoms with E-state index in [0.29, 0.717) is 16.3 Å². The monoisotopic (exact) mass is 389 g/mol. The fraction of sp³-hybridized carbons (Fsp3) is 0.235. The number of nitrogens with zero attached hydrogens (tertiary/aromatic N) is 2. The van der Waals surface area contributed by atoms with Crippen LogP contribution in [-0.4, -0.2) is 16.1 Å². The van der Waals surface area contributed by atoms with Crippen LogP contribution in [0.4, 0.5) is 6.01 Å². The highest BCUT2D eigenvalue weighted by Crippen LogP contribution is 2.25. The van der Waals surface area contributed by atoms with E-state index in [-0.39, 0.29) is 24.2 Å². The molecule has 0 saturated heterocycles.